The van der Waals surface area contributed by atoms with Gasteiger partial charge in [-0.15, -0.1) is 0 Å². The van der Waals surface area contributed by atoms with E-state index >= 15 is 0 Å². The predicted molar refractivity (Wildman–Crippen MR) is 105 cm³/mol. The molecule has 140 valence electrons. The Balaban J connectivity index is 1.71. The molecule has 5 heteroatoms. The monoisotopic (exact) mass is 363 g/mol. The summed E-state index contributed by atoms with van der Waals surface area (Å²) < 4.78 is 5.36. The number of hydrogen-bond acceptors (Lipinski definition) is 4. The lowest BCUT2D eigenvalue weighted by Gasteiger charge is -2.19. The van der Waals surface area contributed by atoms with Gasteiger partial charge in [0.05, 0.1) is 0 Å². The molecular weight excluding hydrogens is 338 g/mol. The van der Waals surface area contributed by atoms with E-state index in [0.717, 1.165) is 11.1 Å². The molecule has 1 heterocycles. The van der Waals surface area contributed by atoms with Crippen LogP contribution in [0.15, 0.2) is 53.1 Å². The van der Waals surface area contributed by atoms with Gasteiger partial charge in [0, 0.05) is 11.1 Å². The van der Waals surface area contributed by atoms with Crippen LogP contribution in [0.3, 0.4) is 0 Å². The largest absolute Gasteiger partial charge is 0.341 e. The van der Waals surface area contributed by atoms with Gasteiger partial charge < -0.3 is 9.84 Å². The Bertz CT molecular complexity index is 937. The van der Waals surface area contributed by atoms with E-state index in [-0.39, 0.29) is 17.4 Å². The van der Waals surface area contributed by atoms with Crippen LogP contribution < -0.4 is 5.32 Å². The van der Waals surface area contributed by atoms with Crippen molar-refractivity contribution in [2.75, 3.05) is 0 Å². The van der Waals surface area contributed by atoms with Gasteiger partial charge in [-0.3, -0.25) is 4.79 Å². The summed E-state index contributed by atoms with van der Waals surface area (Å²) in [6.07, 6.45) is 0. The second-order valence-electron chi connectivity index (χ2n) is 7.79. The van der Waals surface area contributed by atoms with Crippen molar-refractivity contribution < 1.29 is 9.32 Å². The molecule has 0 aliphatic carbocycles. The van der Waals surface area contributed by atoms with E-state index in [1.165, 1.54) is 5.56 Å². The molecular formula is C22H25N3O2. The van der Waals surface area contributed by atoms with Gasteiger partial charge in [-0.1, -0.05) is 62.3 Å². The van der Waals surface area contributed by atoms with Crippen molar-refractivity contribution in [3.8, 4) is 11.4 Å². The number of carbonyl (C=O) groups excluding carboxylic acids is 1. The fourth-order valence-corrected chi connectivity index (χ4v) is 2.81. The van der Waals surface area contributed by atoms with E-state index in [1.54, 1.807) is 0 Å². The van der Waals surface area contributed by atoms with E-state index in [4.69, 9.17) is 4.52 Å². The van der Waals surface area contributed by atoms with E-state index in [0.29, 0.717) is 17.3 Å². The first-order valence-electron chi connectivity index (χ1n) is 9.07. The highest BCUT2D eigenvalue weighted by atomic mass is 16.5. The van der Waals surface area contributed by atoms with Crippen molar-refractivity contribution in [1.29, 1.82) is 0 Å². The molecule has 2 aromatic carbocycles. The summed E-state index contributed by atoms with van der Waals surface area (Å²) in [7, 11) is 0. The number of rotatable bonds is 4. The number of aromatic nitrogens is 2. The number of amides is 1. The number of carbonyl (C=O) groups is 1. The topological polar surface area (TPSA) is 68.0 Å². The molecule has 1 amide bonds. The highest BCUT2D eigenvalue weighted by Gasteiger charge is 2.19. The first-order valence-corrected chi connectivity index (χ1v) is 9.07. The SMILES string of the molecule is Cc1ccccc1-c1noc([C@H](C)NC(=O)c2ccc(C(C)(C)C)cc2)n1. The summed E-state index contributed by atoms with van der Waals surface area (Å²) in [5.41, 5.74) is 3.84. The molecule has 0 radical (unpaired) electrons. The van der Waals surface area contributed by atoms with Crippen LogP contribution in [-0.4, -0.2) is 16.0 Å². The van der Waals surface area contributed by atoms with Crippen LogP contribution in [0.1, 0.15) is 61.1 Å². The summed E-state index contributed by atoms with van der Waals surface area (Å²) in [5, 5.41) is 6.96. The molecule has 0 aliphatic rings. The number of hydrogen-bond donors (Lipinski definition) is 1. The highest BCUT2D eigenvalue weighted by molar-refractivity contribution is 5.94. The third-order valence-corrected chi connectivity index (χ3v) is 4.56. The quantitative estimate of drug-likeness (QED) is 0.720. The second kappa shape index (κ2) is 7.35. The lowest BCUT2D eigenvalue weighted by molar-refractivity contribution is 0.0932. The maximum Gasteiger partial charge on any atom is 0.251 e. The Hall–Kier alpha value is -2.95. The van der Waals surface area contributed by atoms with Gasteiger partial charge in [-0.25, -0.2) is 0 Å². The average Bonchev–Trinajstić information content (AvgIpc) is 3.11. The molecule has 0 aliphatic heterocycles. The van der Waals surface area contributed by atoms with E-state index in [2.05, 4.69) is 36.2 Å². The molecule has 3 aromatic rings. The van der Waals surface area contributed by atoms with Crippen molar-refractivity contribution >= 4 is 5.91 Å². The molecule has 5 nitrogen and oxygen atoms in total. The molecule has 1 N–H and O–H groups in total. The third-order valence-electron chi connectivity index (χ3n) is 4.56. The van der Waals surface area contributed by atoms with Crippen molar-refractivity contribution in [3.63, 3.8) is 0 Å². The minimum atomic E-state index is -0.384. The Labute approximate surface area is 159 Å². The van der Waals surface area contributed by atoms with E-state index in [1.807, 2.05) is 62.4 Å². The maximum absolute atomic E-state index is 12.5. The smallest absolute Gasteiger partial charge is 0.251 e. The number of benzene rings is 2. The van der Waals surface area contributed by atoms with Crippen molar-refractivity contribution in [2.24, 2.45) is 0 Å². The second-order valence-corrected chi connectivity index (χ2v) is 7.79. The standard InChI is InChI=1S/C22H25N3O2/c1-14-8-6-7-9-18(14)19-24-21(27-25-19)15(2)23-20(26)16-10-12-17(13-11-16)22(3,4)5/h6-13,15H,1-5H3,(H,23,26)/t15-/m0/s1. The summed E-state index contributed by atoms with van der Waals surface area (Å²) in [6.45, 7) is 10.3. The highest BCUT2D eigenvalue weighted by Crippen LogP contribution is 2.23. The Morgan fingerprint density at radius 1 is 1.07 bits per heavy atom. The molecule has 0 saturated carbocycles. The van der Waals surface area contributed by atoms with E-state index < -0.39 is 0 Å². The Morgan fingerprint density at radius 2 is 1.74 bits per heavy atom. The predicted octanol–water partition coefficient (Wildman–Crippen LogP) is 4.83. The van der Waals surface area contributed by atoms with Gasteiger partial charge in [0.1, 0.15) is 6.04 Å². The summed E-state index contributed by atoms with van der Waals surface area (Å²) >= 11 is 0. The number of aryl methyl sites for hydroxylation is 1. The van der Waals surface area contributed by atoms with Crippen molar-refractivity contribution in [1.82, 2.24) is 15.5 Å². The lowest BCUT2D eigenvalue weighted by atomic mass is 9.86. The summed E-state index contributed by atoms with van der Waals surface area (Å²) in [5.74, 6) is 0.741. The van der Waals surface area contributed by atoms with Crippen LogP contribution in [0.25, 0.3) is 11.4 Å². The summed E-state index contributed by atoms with van der Waals surface area (Å²) in [4.78, 5) is 17.0. The number of nitrogens with zero attached hydrogens (tertiary/aromatic N) is 2. The minimum absolute atomic E-state index is 0.0536. The molecule has 1 atom stereocenters. The average molecular weight is 363 g/mol. The summed E-state index contributed by atoms with van der Waals surface area (Å²) in [6, 6.07) is 15.1. The normalized spacial score (nSPS) is 12.6. The van der Waals surface area contributed by atoms with Gasteiger partial charge in [0.2, 0.25) is 11.7 Å². The van der Waals surface area contributed by atoms with Gasteiger partial charge in [-0.05, 0) is 42.5 Å². The van der Waals surface area contributed by atoms with Gasteiger partial charge >= 0.3 is 0 Å². The molecule has 0 saturated heterocycles. The zero-order valence-electron chi connectivity index (χ0n) is 16.4. The molecule has 3 rings (SSSR count). The van der Waals surface area contributed by atoms with Gasteiger partial charge in [-0.2, -0.15) is 4.98 Å². The van der Waals surface area contributed by atoms with Crippen LogP contribution in [-0.2, 0) is 5.41 Å². The Kier molecular flexibility index (Phi) is 5.13. The first kappa shape index (κ1) is 18.8. The molecule has 0 bridgehead atoms. The fourth-order valence-electron chi connectivity index (χ4n) is 2.81. The van der Waals surface area contributed by atoms with Crippen LogP contribution in [0.4, 0.5) is 0 Å². The first-order chi connectivity index (χ1) is 12.8. The molecule has 0 fully saturated rings. The molecule has 0 spiro atoms. The van der Waals surface area contributed by atoms with Crippen LogP contribution in [0.5, 0.6) is 0 Å². The van der Waals surface area contributed by atoms with Crippen LogP contribution in [0.2, 0.25) is 0 Å². The van der Waals surface area contributed by atoms with Gasteiger partial charge in [0.15, 0.2) is 0 Å². The van der Waals surface area contributed by atoms with Crippen LogP contribution >= 0.6 is 0 Å². The zero-order chi connectivity index (χ0) is 19.6. The maximum atomic E-state index is 12.5. The van der Waals surface area contributed by atoms with E-state index in [9.17, 15) is 4.79 Å². The van der Waals surface area contributed by atoms with Crippen molar-refractivity contribution in [3.05, 3.63) is 71.1 Å². The van der Waals surface area contributed by atoms with Crippen LogP contribution in [0, 0.1) is 6.92 Å². The fraction of sp³-hybridized carbons (Fsp3) is 0.318. The molecule has 1 aromatic heterocycles. The number of nitrogens with one attached hydrogen (secondary N) is 1. The molecule has 0 unspecified atom stereocenters. The Morgan fingerprint density at radius 3 is 2.37 bits per heavy atom. The third kappa shape index (κ3) is 4.25. The van der Waals surface area contributed by atoms with Crippen molar-refractivity contribution in [2.45, 2.75) is 46.1 Å². The van der Waals surface area contributed by atoms with Gasteiger partial charge in [0.25, 0.3) is 5.91 Å². The molecule has 27 heavy (non-hydrogen) atoms. The lowest BCUT2D eigenvalue weighted by Crippen LogP contribution is -2.27. The minimum Gasteiger partial charge on any atom is -0.341 e. The zero-order valence-corrected chi connectivity index (χ0v) is 16.4.